The summed E-state index contributed by atoms with van der Waals surface area (Å²) >= 11 is 0. The molecule has 0 atom stereocenters. The molecule has 0 aromatic rings. The minimum absolute atomic E-state index is 0.340. The van der Waals surface area contributed by atoms with Crippen LogP contribution in [0.15, 0.2) is 23.8 Å². The van der Waals surface area contributed by atoms with Gasteiger partial charge in [0.1, 0.15) is 0 Å². The predicted molar refractivity (Wildman–Crippen MR) is 65.8 cm³/mol. The van der Waals surface area contributed by atoms with Crippen LogP contribution in [0.5, 0.6) is 0 Å². The summed E-state index contributed by atoms with van der Waals surface area (Å²) in [6.45, 7) is 4.25. The van der Waals surface area contributed by atoms with E-state index in [0.29, 0.717) is 0 Å². The third-order valence-corrected chi connectivity index (χ3v) is 2.89. The molecule has 0 amide bonds. The van der Waals surface area contributed by atoms with Gasteiger partial charge in [-0.15, -0.1) is 0 Å². The molecule has 2 rings (SSSR count). The Morgan fingerprint density at radius 3 is 2.33 bits per heavy atom. The molecule has 1 heteroatoms. The zero-order chi connectivity index (χ0) is 11.1. The van der Waals surface area contributed by atoms with E-state index in [1.807, 2.05) is 0 Å². The quantitative estimate of drug-likeness (QED) is 0.727. The molecule has 1 fully saturated rings. The number of aliphatic hydroxyl groups is 1. The van der Waals surface area contributed by atoms with E-state index < -0.39 is 0 Å². The van der Waals surface area contributed by atoms with Gasteiger partial charge in [0.05, 0.1) is 5.60 Å². The molecule has 0 aliphatic heterocycles. The SMILES string of the molecule is CCC.OC1(CC2=CCCC=C2)CCC1. The van der Waals surface area contributed by atoms with E-state index in [0.717, 1.165) is 25.7 Å². The van der Waals surface area contributed by atoms with Gasteiger partial charge in [0, 0.05) is 6.42 Å². The molecular weight excluding hydrogens is 184 g/mol. The van der Waals surface area contributed by atoms with E-state index in [2.05, 4.69) is 32.1 Å². The molecule has 0 saturated heterocycles. The molecule has 0 radical (unpaired) electrons. The maximum atomic E-state index is 9.89. The minimum Gasteiger partial charge on any atom is -0.390 e. The number of rotatable bonds is 2. The van der Waals surface area contributed by atoms with Gasteiger partial charge in [-0.3, -0.25) is 0 Å². The minimum atomic E-state index is -0.340. The van der Waals surface area contributed by atoms with Crippen molar-refractivity contribution in [3.63, 3.8) is 0 Å². The van der Waals surface area contributed by atoms with Crippen molar-refractivity contribution < 1.29 is 5.11 Å². The van der Waals surface area contributed by atoms with Crippen molar-refractivity contribution in [2.24, 2.45) is 0 Å². The summed E-state index contributed by atoms with van der Waals surface area (Å²) in [5.41, 5.74) is 0.997. The van der Waals surface area contributed by atoms with Crippen LogP contribution in [-0.2, 0) is 0 Å². The molecule has 0 heterocycles. The first-order chi connectivity index (χ1) is 7.20. The molecule has 15 heavy (non-hydrogen) atoms. The summed E-state index contributed by atoms with van der Waals surface area (Å²) in [4.78, 5) is 0. The van der Waals surface area contributed by atoms with Crippen LogP contribution in [0.3, 0.4) is 0 Å². The van der Waals surface area contributed by atoms with E-state index in [4.69, 9.17) is 0 Å². The molecule has 0 unspecified atom stereocenters. The third-order valence-electron chi connectivity index (χ3n) is 2.89. The number of allylic oxidation sites excluding steroid dienone is 3. The summed E-state index contributed by atoms with van der Waals surface area (Å²) in [6.07, 6.45) is 14.3. The molecule has 2 aliphatic rings. The van der Waals surface area contributed by atoms with Gasteiger partial charge in [0.25, 0.3) is 0 Å². The van der Waals surface area contributed by atoms with Gasteiger partial charge in [-0.05, 0) is 37.7 Å². The first-order valence-electron chi connectivity index (χ1n) is 6.28. The van der Waals surface area contributed by atoms with E-state index >= 15 is 0 Å². The monoisotopic (exact) mass is 208 g/mol. The summed E-state index contributed by atoms with van der Waals surface area (Å²) in [5, 5.41) is 9.89. The Morgan fingerprint density at radius 2 is 1.93 bits per heavy atom. The molecule has 0 aromatic heterocycles. The van der Waals surface area contributed by atoms with Crippen LogP contribution in [0.25, 0.3) is 0 Å². The Bertz CT molecular complexity index is 234. The molecule has 0 aromatic carbocycles. The van der Waals surface area contributed by atoms with Crippen LogP contribution in [-0.4, -0.2) is 10.7 Å². The smallest absolute Gasteiger partial charge is 0.0687 e. The fraction of sp³-hybridized carbons (Fsp3) is 0.714. The van der Waals surface area contributed by atoms with Crippen molar-refractivity contribution in [1.29, 1.82) is 0 Å². The second-order valence-electron chi connectivity index (χ2n) is 4.72. The van der Waals surface area contributed by atoms with Gasteiger partial charge in [0.15, 0.2) is 0 Å². The molecule has 0 bridgehead atoms. The zero-order valence-corrected chi connectivity index (χ0v) is 10.1. The summed E-state index contributed by atoms with van der Waals surface area (Å²) in [6, 6.07) is 0. The lowest BCUT2D eigenvalue weighted by Crippen LogP contribution is -2.36. The predicted octanol–water partition coefficient (Wildman–Crippen LogP) is 3.98. The third kappa shape index (κ3) is 4.21. The van der Waals surface area contributed by atoms with Crippen molar-refractivity contribution in [2.75, 3.05) is 0 Å². The standard InChI is InChI=1S/C11H16O.C3H8/c12-11(7-4-8-11)9-10-5-2-1-3-6-10;1-3-2/h2,5-6,12H,1,3-4,7-9H2;3H2,1-2H3. The molecule has 1 N–H and O–H groups in total. The molecule has 2 aliphatic carbocycles. The molecule has 86 valence electrons. The van der Waals surface area contributed by atoms with Crippen LogP contribution in [0.4, 0.5) is 0 Å². The molecule has 0 spiro atoms. The highest BCUT2D eigenvalue weighted by Gasteiger charge is 2.34. The normalized spacial score (nSPS) is 22.2. The maximum absolute atomic E-state index is 9.89. The average molecular weight is 208 g/mol. The summed E-state index contributed by atoms with van der Waals surface area (Å²) in [5.74, 6) is 0. The van der Waals surface area contributed by atoms with Gasteiger partial charge in [-0.25, -0.2) is 0 Å². The van der Waals surface area contributed by atoms with Crippen molar-refractivity contribution in [2.45, 2.75) is 64.4 Å². The number of hydrogen-bond acceptors (Lipinski definition) is 1. The van der Waals surface area contributed by atoms with Gasteiger partial charge >= 0.3 is 0 Å². The van der Waals surface area contributed by atoms with Crippen LogP contribution >= 0.6 is 0 Å². The van der Waals surface area contributed by atoms with Gasteiger partial charge in [0.2, 0.25) is 0 Å². The Labute approximate surface area is 93.9 Å². The van der Waals surface area contributed by atoms with Gasteiger partial charge in [-0.2, -0.15) is 0 Å². The summed E-state index contributed by atoms with van der Waals surface area (Å²) < 4.78 is 0. The molecule has 1 saturated carbocycles. The molecular formula is C14H24O. The second kappa shape index (κ2) is 6.12. The largest absolute Gasteiger partial charge is 0.390 e. The lowest BCUT2D eigenvalue weighted by molar-refractivity contribution is -0.0316. The van der Waals surface area contributed by atoms with Crippen molar-refractivity contribution in [3.05, 3.63) is 23.8 Å². The lowest BCUT2D eigenvalue weighted by atomic mass is 9.75. The van der Waals surface area contributed by atoms with Gasteiger partial charge in [-0.1, -0.05) is 38.5 Å². The van der Waals surface area contributed by atoms with Crippen molar-refractivity contribution in [3.8, 4) is 0 Å². The van der Waals surface area contributed by atoms with E-state index in [1.54, 1.807) is 0 Å². The fourth-order valence-electron chi connectivity index (χ4n) is 1.94. The Hall–Kier alpha value is -0.560. The average Bonchev–Trinajstić information content (AvgIpc) is 2.18. The van der Waals surface area contributed by atoms with Crippen LogP contribution in [0, 0.1) is 0 Å². The first-order valence-corrected chi connectivity index (χ1v) is 6.28. The Kier molecular flexibility index (Phi) is 5.10. The highest BCUT2D eigenvalue weighted by Crippen LogP contribution is 2.37. The van der Waals surface area contributed by atoms with Crippen LogP contribution in [0.1, 0.15) is 58.8 Å². The van der Waals surface area contributed by atoms with E-state index in [1.165, 1.54) is 24.8 Å². The Balaban J connectivity index is 0.000000337. The second-order valence-corrected chi connectivity index (χ2v) is 4.72. The highest BCUT2D eigenvalue weighted by atomic mass is 16.3. The van der Waals surface area contributed by atoms with E-state index in [-0.39, 0.29) is 5.60 Å². The number of hydrogen-bond donors (Lipinski definition) is 1. The topological polar surface area (TPSA) is 20.2 Å². The van der Waals surface area contributed by atoms with E-state index in [9.17, 15) is 5.11 Å². The van der Waals surface area contributed by atoms with Crippen LogP contribution in [0.2, 0.25) is 0 Å². The zero-order valence-electron chi connectivity index (χ0n) is 10.1. The first kappa shape index (κ1) is 12.5. The molecule has 1 nitrogen and oxygen atoms in total. The van der Waals surface area contributed by atoms with Crippen molar-refractivity contribution in [1.82, 2.24) is 0 Å². The van der Waals surface area contributed by atoms with Crippen LogP contribution < -0.4 is 0 Å². The Morgan fingerprint density at radius 1 is 1.27 bits per heavy atom. The lowest BCUT2D eigenvalue weighted by Gasteiger charge is -2.37. The van der Waals surface area contributed by atoms with Gasteiger partial charge < -0.3 is 5.11 Å². The highest BCUT2D eigenvalue weighted by molar-refractivity contribution is 5.24. The maximum Gasteiger partial charge on any atom is 0.0687 e. The fourth-order valence-corrected chi connectivity index (χ4v) is 1.94. The summed E-state index contributed by atoms with van der Waals surface area (Å²) in [7, 11) is 0. The van der Waals surface area contributed by atoms with Crippen molar-refractivity contribution >= 4 is 0 Å².